The van der Waals surface area contributed by atoms with Crippen LogP contribution in [0.2, 0.25) is 0 Å². The van der Waals surface area contributed by atoms with E-state index in [0.717, 1.165) is 5.70 Å². The molecule has 1 aromatic rings. The second kappa shape index (κ2) is 6.18. The molecule has 0 aromatic heterocycles. The molecule has 4 nitrogen and oxygen atoms in total. The van der Waals surface area contributed by atoms with Gasteiger partial charge < -0.3 is 10.1 Å². The molecular formula is C15H17NO3. The fraction of sp³-hybridized carbons (Fsp3) is 0.333. The lowest BCUT2D eigenvalue weighted by Crippen LogP contribution is -2.31. The predicted molar refractivity (Wildman–Crippen MR) is 71.6 cm³/mol. The van der Waals surface area contributed by atoms with Crippen molar-refractivity contribution in [2.24, 2.45) is 0 Å². The molecule has 1 aliphatic heterocycles. The summed E-state index contributed by atoms with van der Waals surface area (Å²) in [5.74, 6) is -0.300. The zero-order valence-corrected chi connectivity index (χ0v) is 10.9. The van der Waals surface area contributed by atoms with Crippen molar-refractivity contribution in [1.29, 1.82) is 0 Å². The maximum Gasteiger partial charge on any atom is 0.328 e. The summed E-state index contributed by atoms with van der Waals surface area (Å²) in [4.78, 5) is 23.5. The van der Waals surface area contributed by atoms with Crippen LogP contribution in [0.1, 0.15) is 30.1 Å². The molecule has 2 rings (SSSR count). The van der Waals surface area contributed by atoms with E-state index in [2.05, 4.69) is 5.32 Å². The van der Waals surface area contributed by atoms with Crippen LogP contribution in [0.25, 0.3) is 0 Å². The van der Waals surface area contributed by atoms with Crippen molar-refractivity contribution in [3.8, 4) is 0 Å². The molecule has 1 heterocycles. The molecule has 0 spiro atoms. The van der Waals surface area contributed by atoms with E-state index >= 15 is 0 Å². The number of carbonyl (C=O) groups excluding carboxylic acids is 2. The van der Waals surface area contributed by atoms with E-state index in [1.165, 1.54) is 0 Å². The number of nitrogens with one attached hydrogen (secondary N) is 1. The Labute approximate surface area is 112 Å². The van der Waals surface area contributed by atoms with Gasteiger partial charge in [0, 0.05) is 17.3 Å². The maximum atomic E-state index is 12.0. The summed E-state index contributed by atoms with van der Waals surface area (Å²) in [7, 11) is 0. The lowest BCUT2D eigenvalue weighted by Gasteiger charge is -2.09. The third kappa shape index (κ3) is 3.44. The summed E-state index contributed by atoms with van der Waals surface area (Å²) < 4.78 is 4.95. The summed E-state index contributed by atoms with van der Waals surface area (Å²) in [5, 5.41) is 3.04. The van der Waals surface area contributed by atoms with Gasteiger partial charge >= 0.3 is 5.97 Å². The minimum Gasteiger partial charge on any atom is -0.464 e. The molecule has 1 N–H and O–H groups in total. The quantitative estimate of drug-likeness (QED) is 0.511. The zero-order valence-electron chi connectivity index (χ0n) is 10.9. The van der Waals surface area contributed by atoms with Crippen LogP contribution >= 0.6 is 0 Å². The van der Waals surface area contributed by atoms with Crippen molar-refractivity contribution in [3.63, 3.8) is 0 Å². The molecular weight excluding hydrogens is 242 g/mol. The number of ether oxygens (including phenoxy) is 1. The van der Waals surface area contributed by atoms with E-state index in [0.29, 0.717) is 25.0 Å². The van der Waals surface area contributed by atoms with Gasteiger partial charge in [-0.3, -0.25) is 4.79 Å². The molecule has 0 radical (unpaired) electrons. The van der Waals surface area contributed by atoms with Crippen LogP contribution in [0.3, 0.4) is 0 Å². The van der Waals surface area contributed by atoms with Gasteiger partial charge in [-0.1, -0.05) is 30.3 Å². The highest BCUT2D eigenvalue weighted by Gasteiger charge is 2.26. The second-order valence-electron chi connectivity index (χ2n) is 4.39. The van der Waals surface area contributed by atoms with Crippen molar-refractivity contribution >= 4 is 11.8 Å². The largest absolute Gasteiger partial charge is 0.464 e. The number of benzene rings is 1. The van der Waals surface area contributed by atoms with Gasteiger partial charge in [-0.25, -0.2) is 4.79 Å². The third-order valence-electron chi connectivity index (χ3n) is 3.00. The van der Waals surface area contributed by atoms with Crippen LogP contribution in [0.5, 0.6) is 0 Å². The van der Waals surface area contributed by atoms with Crippen LogP contribution in [0.4, 0.5) is 0 Å². The van der Waals surface area contributed by atoms with Crippen LogP contribution in [-0.2, 0) is 9.53 Å². The van der Waals surface area contributed by atoms with E-state index in [-0.39, 0.29) is 17.8 Å². The molecule has 0 saturated carbocycles. The van der Waals surface area contributed by atoms with Gasteiger partial charge in [0.05, 0.1) is 6.61 Å². The number of esters is 1. The smallest absolute Gasteiger partial charge is 0.328 e. The van der Waals surface area contributed by atoms with Gasteiger partial charge in [0.15, 0.2) is 5.78 Å². The monoisotopic (exact) mass is 259 g/mol. The Bertz CT molecular complexity index is 493. The van der Waals surface area contributed by atoms with Gasteiger partial charge in [0.25, 0.3) is 0 Å². The van der Waals surface area contributed by atoms with E-state index in [1.54, 1.807) is 25.1 Å². The Morgan fingerprint density at radius 1 is 1.37 bits per heavy atom. The zero-order chi connectivity index (χ0) is 13.7. The predicted octanol–water partition coefficient (Wildman–Crippen LogP) is 2.07. The van der Waals surface area contributed by atoms with Crippen LogP contribution in [0.15, 0.2) is 42.1 Å². The minimum absolute atomic E-state index is 0.0485. The Hall–Kier alpha value is -2.10. The third-order valence-corrected chi connectivity index (χ3v) is 3.00. The van der Waals surface area contributed by atoms with Crippen LogP contribution in [0, 0.1) is 0 Å². The van der Waals surface area contributed by atoms with Crippen molar-refractivity contribution in [1.82, 2.24) is 5.32 Å². The Balaban J connectivity index is 1.99. The van der Waals surface area contributed by atoms with E-state index < -0.39 is 0 Å². The Morgan fingerprint density at radius 3 is 2.79 bits per heavy atom. The average Bonchev–Trinajstić information content (AvgIpc) is 2.88. The highest BCUT2D eigenvalue weighted by Crippen LogP contribution is 2.17. The van der Waals surface area contributed by atoms with Crippen LogP contribution < -0.4 is 5.32 Å². The van der Waals surface area contributed by atoms with Crippen molar-refractivity contribution in [2.75, 3.05) is 6.61 Å². The van der Waals surface area contributed by atoms with Gasteiger partial charge in [0.2, 0.25) is 0 Å². The van der Waals surface area contributed by atoms with Crippen molar-refractivity contribution in [2.45, 2.75) is 25.8 Å². The standard InChI is InChI=1S/C15H17NO3/c1-2-19-15(18)13-9-8-12(16-13)10-14(17)11-6-4-3-5-7-11/h3-7,10,13,16H,2,8-9H2,1H3/b12-10-/t13-/m0/s1. The van der Waals surface area contributed by atoms with E-state index in [4.69, 9.17) is 4.74 Å². The number of allylic oxidation sites excluding steroid dienone is 2. The first-order valence-corrected chi connectivity index (χ1v) is 6.44. The lowest BCUT2D eigenvalue weighted by molar-refractivity contribution is -0.145. The van der Waals surface area contributed by atoms with Gasteiger partial charge in [-0.15, -0.1) is 0 Å². The van der Waals surface area contributed by atoms with E-state index in [9.17, 15) is 9.59 Å². The summed E-state index contributed by atoms with van der Waals surface area (Å²) in [5.41, 5.74) is 1.45. The minimum atomic E-state index is -0.324. The highest BCUT2D eigenvalue weighted by atomic mass is 16.5. The molecule has 1 aromatic carbocycles. The first kappa shape index (κ1) is 13.3. The van der Waals surface area contributed by atoms with Gasteiger partial charge in [-0.2, -0.15) is 0 Å². The molecule has 1 aliphatic rings. The molecule has 0 unspecified atom stereocenters. The first-order chi connectivity index (χ1) is 9.20. The van der Waals surface area contributed by atoms with E-state index in [1.807, 2.05) is 18.2 Å². The van der Waals surface area contributed by atoms with Crippen LogP contribution in [-0.4, -0.2) is 24.4 Å². The number of hydrogen-bond acceptors (Lipinski definition) is 4. The fourth-order valence-corrected chi connectivity index (χ4v) is 2.05. The topological polar surface area (TPSA) is 55.4 Å². The van der Waals surface area contributed by atoms with Gasteiger partial charge in [-0.05, 0) is 19.8 Å². The number of hydrogen-bond donors (Lipinski definition) is 1. The van der Waals surface area contributed by atoms with Crippen molar-refractivity contribution in [3.05, 3.63) is 47.7 Å². The molecule has 1 atom stereocenters. The molecule has 0 aliphatic carbocycles. The van der Waals surface area contributed by atoms with Crippen molar-refractivity contribution < 1.29 is 14.3 Å². The fourth-order valence-electron chi connectivity index (χ4n) is 2.05. The molecule has 0 bridgehead atoms. The number of carbonyl (C=O) groups is 2. The maximum absolute atomic E-state index is 12.0. The summed E-state index contributed by atoms with van der Waals surface area (Å²) in [6, 6.07) is 8.75. The molecule has 19 heavy (non-hydrogen) atoms. The summed E-state index contributed by atoms with van der Waals surface area (Å²) in [6.07, 6.45) is 2.93. The normalized spacial score (nSPS) is 20.1. The number of ketones is 1. The lowest BCUT2D eigenvalue weighted by atomic mass is 10.1. The first-order valence-electron chi connectivity index (χ1n) is 6.44. The molecule has 100 valence electrons. The Kier molecular flexibility index (Phi) is 4.34. The van der Waals surface area contributed by atoms with Gasteiger partial charge in [0.1, 0.15) is 6.04 Å². The number of rotatable bonds is 4. The second-order valence-corrected chi connectivity index (χ2v) is 4.39. The SMILES string of the molecule is CCOC(=O)[C@@H]1CC/C(=C/C(=O)c2ccccc2)N1. The molecule has 0 amide bonds. The molecule has 4 heteroatoms. The average molecular weight is 259 g/mol. The molecule has 1 saturated heterocycles. The Morgan fingerprint density at radius 2 is 2.11 bits per heavy atom. The highest BCUT2D eigenvalue weighted by molar-refractivity contribution is 6.04. The summed E-state index contributed by atoms with van der Waals surface area (Å²) >= 11 is 0. The molecule has 1 fully saturated rings. The summed E-state index contributed by atoms with van der Waals surface area (Å²) in [6.45, 7) is 2.15.